The summed E-state index contributed by atoms with van der Waals surface area (Å²) in [4.78, 5) is 0. The van der Waals surface area contributed by atoms with Gasteiger partial charge >= 0.3 is 9.08 Å². The van der Waals surface area contributed by atoms with Crippen LogP contribution in [0.25, 0.3) is 0 Å². The van der Waals surface area contributed by atoms with Crippen LogP contribution >= 0.6 is 0 Å². The first-order chi connectivity index (χ1) is 5.58. The monoisotopic (exact) mass is 197 g/mol. The highest BCUT2D eigenvalue weighted by Gasteiger charge is 2.36. The topological polar surface area (TPSA) is 12.0 Å². The maximum absolute atomic E-state index is 11.9. The lowest BCUT2D eigenvalue weighted by Crippen LogP contribution is -2.40. The SMILES string of the molecule is F[Si](F)(F)CNC1CCCCC1. The van der Waals surface area contributed by atoms with Gasteiger partial charge < -0.3 is 5.32 Å². The second-order valence-electron chi connectivity index (χ2n) is 3.33. The molecule has 5 heteroatoms. The van der Waals surface area contributed by atoms with E-state index in [9.17, 15) is 12.3 Å². The van der Waals surface area contributed by atoms with Crippen LogP contribution in [0.4, 0.5) is 12.3 Å². The average molecular weight is 197 g/mol. The van der Waals surface area contributed by atoms with Crippen LogP contribution in [-0.2, 0) is 0 Å². The molecule has 0 unspecified atom stereocenters. The standard InChI is InChI=1S/C7H14F3NSi/c8-12(9,10)6-11-7-4-2-1-3-5-7/h7,11H,1-6H2. The molecule has 1 fully saturated rings. The molecule has 1 rings (SSSR count). The Balaban J connectivity index is 2.13. The number of nitrogens with one attached hydrogen (secondary N) is 1. The first-order valence-corrected chi connectivity index (χ1v) is 6.22. The fourth-order valence-corrected chi connectivity index (χ4v) is 2.09. The normalized spacial score (nSPS) is 21.2. The molecule has 12 heavy (non-hydrogen) atoms. The van der Waals surface area contributed by atoms with E-state index in [2.05, 4.69) is 5.32 Å². The Labute approximate surface area is 71.9 Å². The quantitative estimate of drug-likeness (QED) is 0.540. The van der Waals surface area contributed by atoms with E-state index in [-0.39, 0.29) is 6.04 Å². The Morgan fingerprint density at radius 2 is 1.67 bits per heavy atom. The van der Waals surface area contributed by atoms with Crippen LogP contribution in [0.3, 0.4) is 0 Å². The molecule has 0 spiro atoms. The van der Waals surface area contributed by atoms with E-state index in [1.807, 2.05) is 0 Å². The summed E-state index contributed by atoms with van der Waals surface area (Å²) >= 11 is 0. The van der Waals surface area contributed by atoms with Crippen molar-refractivity contribution in [2.45, 2.75) is 38.1 Å². The minimum Gasteiger partial charge on any atom is -0.309 e. The molecule has 1 N–H and O–H groups in total. The number of halogens is 3. The van der Waals surface area contributed by atoms with E-state index in [1.165, 1.54) is 6.42 Å². The van der Waals surface area contributed by atoms with Crippen LogP contribution in [0.1, 0.15) is 32.1 Å². The lowest BCUT2D eigenvalue weighted by atomic mass is 9.96. The van der Waals surface area contributed by atoms with Gasteiger partial charge in [0.2, 0.25) is 0 Å². The molecule has 0 saturated heterocycles. The van der Waals surface area contributed by atoms with Gasteiger partial charge in [-0.15, -0.1) is 0 Å². The van der Waals surface area contributed by atoms with Crippen molar-refractivity contribution >= 4 is 9.08 Å². The predicted octanol–water partition coefficient (Wildman–Crippen LogP) is 2.30. The van der Waals surface area contributed by atoms with Crippen LogP contribution in [0.2, 0.25) is 0 Å². The maximum Gasteiger partial charge on any atom is 0.630 e. The van der Waals surface area contributed by atoms with E-state index >= 15 is 0 Å². The highest BCUT2D eigenvalue weighted by Crippen LogP contribution is 2.18. The van der Waals surface area contributed by atoms with E-state index in [1.54, 1.807) is 0 Å². The fourth-order valence-electron chi connectivity index (χ4n) is 1.57. The van der Waals surface area contributed by atoms with Crippen molar-refractivity contribution in [3.63, 3.8) is 0 Å². The summed E-state index contributed by atoms with van der Waals surface area (Å²) in [6.45, 7) is 0. The van der Waals surface area contributed by atoms with Gasteiger partial charge in [0.25, 0.3) is 0 Å². The molecule has 0 bridgehead atoms. The van der Waals surface area contributed by atoms with Crippen molar-refractivity contribution in [3.05, 3.63) is 0 Å². The van der Waals surface area contributed by atoms with Crippen molar-refractivity contribution in [1.82, 2.24) is 5.32 Å². The van der Waals surface area contributed by atoms with E-state index < -0.39 is 15.2 Å². The molecule has 1 aliphatic rings. The molecular weight excluding hydrogens is 183 g/mol. The third-order valence-corrected chi connectivity index (χ3v) is 2.80. The van der Waals surface area contributed by atoms with Crippen LogP contribution < -0.4 is 5.32 Å². The minimum atomic E-state index is -5.35. The molecule has 1 saturated carbocycles. The lowest BCUT2D eigenvalue weighted by molar-refractivity contribution is 0.367. The Bertz CT molecular complexity index is 131. The molecule has 72 valence electrons. The molecule has 0 heterocycles. The Kier molecular flexibility index (Phi) is 3.58. The van der Waals surface area contributed by atoms with Gasteiger partial charge in [-0.3, -0.25) is 0 Å². The smallest absolute Gasteiger partial charge is 0.309 e. The maximum atomic E-state index is 11.9. The summed E-state index contributed by atoms with van der Waals surface area (Å²) < 4.78 is 35.7. The van der Waals surface area contributed by atoms with Gasteiger partial charge in [0, 0.05) is 6.04 Å². The zero-order valence-electron chi connectivity index (χ0n) is 6.95. The predicted molar refractivity (Wildman–Crippen MR) is 44.0 cm³/mol. The second kappa shape index (κ2) is 4.27. The Morgan fingerprint density at radius 3 is 2.17 bits per heavy atom. The molecule has 0 radical (unpaired) electrons. The van der Waals surface area contributed by atoms with Gasteiger partial charge in [0.15, 0.2) is 0 Å². The number of rotatable bonds is 3. The molecule has 0 amide bonds. The molecule has 0 atom stereocenters. The molecule has 1 nitrogen and oxygen atoms in total. The Morgan fingerprint density at radius 1 is 1.08 bits per heavy atom. The molecule has 0 aromatic heterocycles. The van der Waals surface area contributed by atoms with E-state index in [0.29, 0.717) is 0 Å². The van der Waals surface area contributed by atoms with E-state index in [0.717, 1.165) is 25.7 Å². The van der Waals surface area contributed by atoms with Gasteiger partial charge in [-0.2, -0.15) is 0 Å². The average Bonchev–Trinajstić information content (AvgIpc) is 2.02. The fraction of sp³-hybridized carbons (Fsp3) is 1.00. The molecule has 0 aromatic carbocycles. The number of hydrogen-bond donors (Lipinski definition) is 1. The van der Waals surface area contributed by atoms with Crippen LogP contribution in [-0.4, -0.2) is 21.3 Å². The highest BCUT2D eigenvalue weighted by atomic mass is 28.5. The van der Waals surface area contributed by atoms with Gasteiger partial charge in [-0.25, -0.2) is 12.3 Å². The van der Waals surface area contributed by atoms with Crippen molar-refractivity contribution in [2.75, 3.05) is 6.17 Å². The molecule has 0 aliphatic heterocycles. The van der Waals surface area contributed by atoms with Gasteiger partial charge in [0.1, 0.15) is 0 Å². The van der Waals surface area contributed by atoms with Crippen LogP contribution in [0.15, 0.2) is 0 Å². The van der Waals surface area contributed by atoms with Gasteiger partial charge in [0.05, 0.1) is 6.17 Å². The zero-order valence-corrected chi connectivity index (χ0v) is 7.95. The van der Waals surface area contributed by atoms with Crippen molar-refractivity contribution in [1.29, 1.82) is 0 Å². The molecular formula is C7H14F3NSi. The third kappa shape index (κ3) is 4.11. The summed E-state index contributed by atoms with van der Waals surface area (Å²) in [5.74, 6) is 0. The lowest BCUT2D eigenvalue weighted by Gasteiger charge is -2.22. The molecule has 0 aromatic rings. The second-order valence-corrected chi connectivity index (χ2v) is 4.91. The Hall–Kier alpha value is -0.0331. The summed E-state index contributed by atoms with van der Waals surface area (Å²) in [6, 6.07) is 0.132. The van der Waals surface area contributed by atoms with Crippen LogP contribution in [0, 0.1) is 0 Å². The largest absolute Gasteiger partial charge is 0.630 e. The minimum absolute atomic E-state index is 0.132. The molecule has 1 aliphatic carbocycles. The zero-order chi connectivity index (χ0) is 9.03. The van der Waals surface area contributed by atoms with Gasteiger partial charge in [-0.05, 0) is 12.8 Å². The van der Waals surface area contributed by atoms with Crippen LogP contribution in [0.5, 0.6) is 0 Å². The third-order valence-electron chi connectivity index (χ3n) is 2.20. The summed E-state index contributed by atoms with van der Waals surface area (Å²) in [7, 11) is -5.35. The van der Waals surface area contributed by atoms with Crippen molar-refractivity contribution in [3.8, 4) is 0 Å². The van der Waals surface area contributed by atoms with Crippen molar-refractivity contribution in [2.24, 2.45) is 0 Å². The summed E-state index contributed by atoms with van der Waals surface area (Å²) in [5, 5.41) is 2.60. The van der Waals surface area contributed by atoms with Gasteiger partial charge in [-0.1, -0.05) is 19.3 Å². The van der Waals surface area contributed by atoms with Crippen molar-refractivity contribution < 1.29 is 12.3 Å². The first-order valence-electron chi connectivity index (χ1n) is 4.38. The summed E-state index contributed by atoms with van der Waals surface area (Å²) in [5.41, 5.74) is 0. The van der Waals surface area contributed by atoms with E-state index in [4.69, 9.17) is 0 Å². The highest BCUT2D eigenvalue weighted by molar-refractivity contribution is 6.58. The first kappa shape index (κ1) is 10.1. The summed E-state index contributed by atoms with van der Waals surface area (Å²) in [6.07, 6.45) is 4.49. The number of hydrogen-bond acceptors (Lipinski definition) is 1.